The van der Waals surface area contributed by atoms with Gasteiger partial charge < -0.3 is 0 Å². The van der Waals surface area contributed by atoms with E-state index in [0.717, 1.165) is 35.6 Å². The van der Waals surface area contributed by atoms with Crippen LogP contribution in [0.5, 0.6) is 0 Å². The van der Waals surface area contributed by atoms with Gasteiger partial charge in [0, 0.05) is 24.2 Å². The fraction of sp³-hybridized carbons (Fsp3) is 0.278. The lowest BCUT2D eigenvalue weighted by molar-refractivity contribution is 0.245. The van der Waals surface area contributed by atoms with Gasteiger partial charge in [0.25, 0.3) is 5.56 Å². The first-order valence-corrected chi connectivity index (χ1v) is 10.0. The van der Waals surface area contributed by atoms with Crippen molar-refractivity contribution in [2.75, 3.05) is 6.54 Å². The van der Waals surface area contributed by atoms with Crippen molar-refractivity contribution in [3.8, 4) is 0 Å². The van der Waals surface area contributed by atoms with Gasteiger partial charge in [0.05, 0.1) is 22.0 Å². The van der Waals surface area contributed by atoms with Gasteiger partial charge in [-0.25, -0.2) is 9.97 Å². The first-order chi connectivity index (χ1) is 12.3. The molecule has 0 radical (unpaired) electrons. The maximum absolute atomic E-state index is 12.2. The Kier molecular flexibility index (Phi) is 3.65. The molecular weight excluding hydrogens is 352 g/mol. The summed E-state index contributed by atoms with van der Waals surface area (Å²) < 4.78 is 2.84. The zero-order chi connectivity index (χ0) is 16.8. The van der Waals surface area contributed by atoms with Gasteiger partial charge in [-0.3, -0.25) is 14.1 Å². The second-order valence-electron chi connectivity index (χ2n) is 6.29. The summed E-state index contributed by atoms with van der Waals surface area (Å²) in [4.78, 5) is 24.9. The number of benzene rings is 1. The molecule has 4 aromatic rings. The van der Waals surface area contributed by atoms with Crippen molar-refractivity contribution in [3.05, 3.63) is 63.0 Å². The van der Waals surface area contributed by atoms with Crippen molar-refractivity contribution < 1.29 is 0 Å². The summed E-state index contributed by atoms with van der Waals surface area (Å²) in [6.07, 6.45) is 4.04. The number of fused-ring (bicyclic) bond motifs is 2. The minimum Gasteiger partial charge on any atom is -0.288 e. The lowest BCUT2D eigenvalue weighted by Crippen LogP contribution is -2.25. The molecule has 1 atom stereocenters. The molecule has 1 aliphatic heterocycles. The molecule has 1 fully saturated rings. The van der Waals surface area contributed by atoms with E-state index in [2.05, 4.69) is 28.1 Å². The van der Waals surface area contributed by atoms with Gasteiger partial charge in [0.15, 0.2) is 4.96 Å². The van der Waals surface area contributed by atoms with Crippen LogP contribution < -0.4 is 5.56 Å². The van der Waals surface area contributed by atoms with Crippen LogP contribution in [-0.2, 0) is 6.54 Å². The Labute approximate surface area is 152 Å². The van der Waals surface area contributed by atoms with E-state index in [1.807, 2.05) is 11.4 Å². The summed E-state index contributed by atoms with van der Waals surface area (Å²) in [7, 11) is 0. The SMILES string of the molecule is O=c1cc(CN2CCC[C@@H]2c2nc3ccccc3s2)nc2sccn12. The van der Waals surface area contributed by atoms with Crippen LogP contribution in [0, 0.1) is 0 Å². The average molecular weight is 368 g/mol. The van der Waals surface area contributed by atoms with Crippen LogP contribution in [0.2, 0.25) is 0 Å². The molecule has 0 N–H and O–H groups in total. The molecule has 0 unspecified atom stereocenters. The quantitative estimate of drug-likeness (QED) is 0.553. The standard InChI is InChI=1S/C18H16N4OS2/c23-16-10-12(19-18-22(16)8-9-24-18)11-21-7-3-5-14(21)17-20-13-4-1-2-6-15(13)25-17/h1-2,4,6,8-10,14H,3,5,7,11H2/t14-/m1/s1. The lowest BCUT2D eigenvalue weighted by atomic mass is 10.2. The highest BCUT2D eigenvalue weighted by Crippen LogP contribution is 2.37. The molecule has 5 nitrogen and oxygen atoms in total. The molecule has 4 heterocycles. The van der Waals surface area contributed by atoms with Gasteiger partial charge >= 0.3 is 0 Å². The average Bonchev–Trinajstić information content (AvgIpc) is 3.33. The molecule has 1 saturated heterocycles. The van der Waals surface area contributed by atoms with Gasteiger partial charge in [0.1, 0.15) is 5.01 Å². The van der Waals surface area contributed by atoms with Crippen LogP contribution in [-0.4, -0.2) is 25.8 Å². The van der Waals surface area contributed by atoms with E-state index in [4.69, 9.17) is 4.98 Å². The number of hydrogen-bond acceptors (Lipinski definition) is 6. The summed E-state index contributed by atoms with van der Waals surface area (Å²) in [5.41, 5.74) is 1.92. The zero-order valence-corrected chi connectivity index (χ0v) is 15.1. The minimum absolute atomic E-state index is 0.00279. The number of thiazole rings is 2. The number of rotatable bonds is 3. The summed E-state index contributed by atoms with van der Waals surface area (Å²) in [6, 6.07) is 10.3. The van der Waals surface area contributed by atoms with Crippen LogP contribution in [0.3, 0.4) is 0 Å². The molecule has 0 amide bonds. The maximum atomic E-state index is 12.2. The van der Waals surface area contributed by atoms with Gasteiger partial charge in [-0.05, 0) is 31.5 Å². The van der Waals surface area contributed by atoms with E-state index in [1.165, 1.54) is 21.0 Å². The van der Waals surface area contributed by atoms with E-state index < -0.39 is 0 Å². The van der Waals surface area contributed by atoms with Crippen LogP contribution in [0.15, 0.2) is 46.7 Å². The monoisotopic (exact) mass is 368 g/mol. The summed E-state index contributed by atoms with van der Waals surface area (Å²) >= 11 is 3.28. The number of nitrogens with zero attached hydrogens (tertiary/aromatic N) is 4. The van der Waals surface area contributed by atoms with E-state index >= 15 is 0 Å². The second-order valence-corrected chi connectivity index (χ2v) is 8.22. The fourth-order valence-corrected chi connectivity index (χ4v) is 5.38. The van der Waals surface area contributed by atoms with Crippen molar-refractivity contribution in [1.82, 2.24) is 19.3 Å². The highest BCUT2D eigenvalue weighted by atomic mass is 32.1. The van der Waals surface area contributed by atoms with Crippen LogP contribution in [0.1, 0.15) is 29.6 Å². The second kappa shape index (κ2) is 6.01. The first kappa shape index (κ1) is 15.2. The Balaban J connectivity index is 1.46. The van der Waals surface area contributed by atoms with Crippen LogP contribution >= 0.6 is 22.7 Å². The van der Waals surface area contributed by atoms with Crippen molar-refractivity contribution in [2.24, 2.45) is 0 Å². The summed E-state index contributed by atoms with van der Waals surface area (Å²) in [6.45, 7) is 1.72. The zero-order valence-electron chi connectivity index (χ0n) is 13.5. The van der Waals surface area contributed by atoms with E-state index in [-0.39, 0.29) is 5.56 Å². The Morgan fingerprint density at radius 3 is 3.08 bits per heavy atom. The molecule has 0 bridgehead atoms. The third-order valence-corrected chi connectivity index (χ3v) is 6.57. The smallest absolute Gasteiger partial charge is 0.258 e. The minimum atomic E-state index is -0.00279. The molecule has 0 spiro atoms. The summed E-state index contributed by atoms with van der Waals surface area (Å²) in [5, 5.41) is 3.07. The van der Waals surface area contributed by atoms with Crippen molar-refractivity contribution in [3.63, 3.8) is 0 Å². The Bertz CT molecular complexity index is 1080. The molecule has 1 aliphatic rings. The first-order valence-electron chi connectivity index (χ1n) is 8.33. The van der Waals surface area contributed by atoms with Crippen molar-refractivity contribution in [2.45, 2.75) is 25.4 Å². The Morgan fingerprint density at radius 2 is 2.16 bits per heavy atom. The Hall–Kier alpha value is -2.09. The lowest BCUT2D eigenvalue weighted by Gasteiger charge is -2.22. The van der Waals surface area contributed by atoms with Gasteiger partial charge in [0.2, 0.25) is 0 Å². The number of likely N-dealkylation sites (tertiary alicyclic amines) is 1. The van der Waals surface area contributed by atoms with Crippen molar-refractivity contribution in [1.29, 1.82) is 0 Å². The number of para-hydroxylation sites is 1. The predicted octanol–water partition coefficient (Wildman–Crippen LogP) is 3.70. The van der Waals surface area contributed by atoms with Gasteiger partial charge in [-0.15, -0.1) is 22.7 Å². The van der Waals surface area contributed by atoms with Crippen molar-refractivity contribution >= 4 is 37.9 Å². The Morgan fingerprint density at radius 1 is 1.24 bits per heavy atom. The molecule has 126 valence electrons. The molecule has 7 heteroatoms. The highest BCUT2D eigenvalue weighted by Gasteiger charge is 2.29. The largest absolute Gasteiger partial charge is 0.288 e. The molecular formula is C18H16N4OS2. The van der Waals surface area contributed by atoms with Gasteiger partial charge in [-0.1, -0.05) is 12.1 Å². The third kappa shape index (κ3) is 2.68. The van der Waals surface area contributed by atoms with E-state index in [9.17, 15) is 4.79 Å². The normalized spacial score (nSPS) is 18.5. The topological polar surface area (TPSA) is 50.5 Å². The molecule has 0 saturated carbocycles. The fourth-order valence-electron chi connectivity index (χ4n) is 3.50. The number of hydrogen-bond donors (Lipinski definition) is 0. The molecule has 3 aromatic heterocycles. The molecule has 0 aliphatic carbocycles. The van der Waals surface area contributed by atoms with E-state index in [0.29, 0.717) is 12.6 Å². The molecule has 25 heavy (non-hydrogen) atoms. The van der Waals surface area contributed by atoms with Gasteiger partial charge in [-0.2, -0.15) is 0 Å². The highest BCUT2D eigenvalue weighted by molar-refractivity contribution is 7.18. The maximum Gasteiger partial charge on any atom is 0.258 e. The van der Waals surface area contributed by atoms with Crippen LogP contribution in [0.4, 0.5) is 0 Å². The summed E-state index contributed by atoms with van der Waals surface area (Å²) in [5.74, 6) is 0. The number of aromatic nitrogens is 3. The third-order valence-electron chi connectivity index (χ3n) is 4.68. The van der Waals surface area contributed by atoms with E-state index in [1.54, 1.807) is 28.0 Å². The molecule has 5 rings (SSSR count). The predicted molar refractivity (Wildman–Crippen MR) is 101 cm³/mol. The molecule has 1 aromatic carbocycles. The van der Waals surface area contributed by atoms with Crippen LogP contribution in [0.25, 0.3) is 15.2 Å².